The first-order chi connectivity index (χ1) is 12.8. The van der Waals surface area contributed by atoms with Gasteiger partial charge in [0.15, 0.2) is 0 Å². The summed E-state index contributed by atoms with van der Waals surface area (Å²) in [5.41, 5.74) is 4.96. The molecule has 28 heavy (non-hydrogen) atoms. The number of nitrogens with zero attached hydrogens (tertiary/aromatic N) is 2. The van der Waals surface area contributed by atoms with Crippen molar-refractivity contribution in [2.75, 3.05) is 19.6 Å². The van der Waals surface area contributed by atoms with Crippen LogP contribution in [0.15, 0.2) is 60.8 Å². The number of H-pyrrole nitrogens is 1. The lowest BCUT2D eigenvalue weighted by Gasteiger charge is -2.14. The molecule has 0 aliphatic heterocycles. The van der Waals surface area contributed by atoms with E-state index in [9.17, 15) is 0 Å². The van der Waals surface area contributed by atoms with Crippen molar-refractivity contribution >= 4 is 16.8 Å². The fourth-order valence-corrected chi connectivity index (χ4v) is 3.87. The minimum Gasteiger partial charge on any atom is -1.00 e. The molecule has 2 N–H and O–H groups in total. The Labute approximate surface area is 179 Å². The van der Waals surface area contributed by atoms with Crippen LogP contribution in [-0.4, -0.2) is 29.2 Å². The van der Waals surface area contributed by atoms with Gasteiger partial charge in [0.05, 0.1) is 26.2 Å². The fraction of sp³-hybridized carbons (Fsp3) is 0.318. The van der Waals surface area contributed by atoms with E-state index in [1.54, 1.807) is 4.90 Å². The molecule has 0 fully saturated rings. The Bertz CT molecular complexity index is 1000. The van der Waals surface area contributed by atoms with E-state index in [0.29, 0.717) is 0 Å². The molecule has 0 saturated heterocycles. The minimum atomic E-state index is 0. The summed E-state index contributed by atoms with van der Waals surface area (Å²) >= 11 is 0. The zero-order chi connectivity index (χ0) is 17.9. The van der Waals surface area contributed by atoms with Gasteiger partial charge in [-0.1, -0.05) is 42.5 Å². The van der Waals surface area contributed by atoms with Crippen LogP contribution in [0.5, 0.6) is 0 Å². The summed E-state index contributed by atoms with van der Waals surface area (Å²) in [6.07, 6.45) is 3.45. The molecular weight excluding hydrogens is 391 g/mol. The topological polar surface area (TPSA) is 29.3 Å². The molecule has 0 atom stereocenters. The predicted octanol–water partition coefficient (Wildman–Crippen LogP) is -3.30. The van der Waals surface area contributed by atoms with Crippen LogP contribution in [0, 0.1) is 0 Å². The van der Waals surface area contributed by atoms with E-state index in [0.717, 1.165) is 6.54 Å². The summed E-state index contributed by atoms with van der Waals surface area (Å²) in [6.45, 7) is 9.18. The summed E-state index contributed by atoms with van der Waals surface area (Å²) in [7, 11) is 0. The highest BCUT2D eigenvalue weighted by Crippen LogP contribution is 2.22. The van der Waals surface area contributed by atoms with Crippen molar-refractivity contribution in [1.82, 2.24) is 9.55 Å². The molecule has 0 bridgehead atoms. The maximum Gasteiger partial charge on any atom is 0.368 e. The molecule has 0 aliphatic rings. The van der Waals surface area contributed by atoms with Crippen molar-refractivity contribution in [2.45, 2.75) is 26.8 Å². The van der Waals surface area contributed by atoms with E-state index >= 15 is 0 Å². The molecule has 0 unspecified atom stereocenters. The van der Waals surface area contributed by atoms with Crippen LogP contribution in [0.3, 0.4) is 0 Å². The molecule has 0 saturated carbocycles. The number of aromatic amines is 1. The number of aryl methyl sites for hydroxylation is 1. The lowest BCUT2D eigenvalue weighted by Crippen LogP contribution is -3.11. The Morgan fingerprint density at radius 3 is 2.32 bits per heavy atom. The summed E-state index contributed by atoms with van der Waals surface area (Å²) in [4.78, 5) is 5.29. The van der Waals surface area contributed by atoms with E-state index < -0.39 is 0 Å². The number of quaternary nitrogens is 1. The molecule has 2 heterocycles. The molecule has 4 rings (SSSR count). The second kappa shape index (κ2) is 9.97. The first-order valence-corrected chi connectivity index (χ1v) is 9.72. The van der Waals surface area contributed by atoms with Crippen molar-refractivity contribution in [1.29, 1.82) is 0 Å². The quantitative estimate of drug-likeness (QED) is 0.294. The van der Waals surface area contributed by atoms with Crippen molar-refractivity contribution < 1.29 is 34.1 Å². The largest absolute Gasteiger partial charge is 1.00 e. The summed E-state index contributed by atoms with van der Waals surface area (Å²) in [6, 6.07) is 19.2. The van der Waals surface area contributed by atoms with Crippen LogP contribution >= 0.6 is 0 Å². The number of nitrogens with one attached hydrogen (secondary N) is 2. The first kappa shape index (κ1) is 22.3. The molecule has 0 amide bonds. The number of imidazole rings is 2. The molecule has 0 aliphatic carbocycles. The Hall–Kier alpha value is -2.01. The highest BCUT2D eigenvalue weighted by molar-refractivity contribution is 5.74. The number of hydrogen-bond donors (Lipinski definition) is 2. The molecule has 2 aromatic heterocycles. The van der Waals surface area contributed by atoms with Crippen LogP contribution < -0.4 is 34.1 Å². The number of rotatable bonds is 7. The Morgan fingerprint density at radius 2 is 1.61 bits per heavy atom. The van der Waals surface area contributed by atoms with E-state index in [-0.39, 0.29) is 24.8 Å². The number of para-hydroxylation sites is 2. The van der Waals surface area contributed by atoms with Gasteiger partial charge in [-0.3, -0.25) is 0 Å². The second-order valence-electron chi connectivity index (χ2n) is 6.93. The van der Waals surface area contributed by atoms with Gasteiger partial charge in [-0.25, -0.2) is 9.55 Å². The maximum atomic E-state index is 3.62. The van der Waals surface area contributed by atoms with Gasteiger partial charge in [0.25, 0.3) is 0 Å². The standard InChI is InChI=1S/C22H26N4.2ClH/c1-3-24(4-2)15-10-16-25-21(18-11-6-5-7-12-18)17-26-20-14-9-8-13-19(20)23-22(25)26;;/h5-9,11-14,17H,3-4,10,15-16H2,1-2H3;2*1H. The number of fused-ring (bicyclic) bond motifs is 3. The monoisotopic (exact) mass is 418 g/mol. The van der Waals surface area contributed by atoms with Crippen molar-refractivity contribution in [3.8, 4) is 11.3 Å². The Morgan fingerprint density at radius 1 is 0.929 bits per heavy atom. The zero-order valence-electron chi connectivity index (χ0n) is 16.5. The van der Waals surface area contributed by atoms with Crippen molar-refractivity contribution in [3.05, 3.63) is 60.8 Å². The highest BCUT2D eigenvalue weighted by Gasteiger charge is 2.22. The number of aromatic nitrogens is 3. The van der Waals surface area contributed by atoms with Crippen molar-refractivity contribution in [3.63, 3.8) is 0 Å². The van der Waals surface area contributed by atoms with Gasteiger partial charge in [0, 0.05) is 12.0 Å². The van der Waals surface area contributed by atoms with Gasteiger partial charge < -0.3 is 29.7 Å². The molecule has 4 aromatic rings. The Balaban J connectivity index is 0.00000140. The van der Waals surface area contributed by atoms with Gasteiger partial charge in [0.1, 0.15) is 22.9 Å². The normalized spacial score (nSPS) is 11.0. The Kier molecular flexibility index (Phi) is 7.93. The van der Waals surface area contributed by atoms with Gasteiger partial charge >= 0.3 is 5.78 Å². The van der Waals surface area contributed by atoms with Crippen molar-refractivity contribution in [2.24, 2.45) is 0 Å². The minimum absolute atomic E-state index is 0. The van der Waals surface area contributed by atoms with Gasteiger partial charge in [-0.2, -0.15) is 4.40 Å². The number of halogens is 2. The molecular formula is C22H28Cl2N4. The zero-order valence-corrected chi connectivity index (χ0v) is 18.0. The van der Waals surface area contributed by atoms with Gasteiger partial charge in [-0.05, 0) is 26.0 Å². The van der Waals surface area contributed by atoms with Crippen LogP contribution in [0.2, 0.25) is 0 Å². The maximum absolute atomic E-state index is 3.62. The number of benzene rings is 2. The molecule has 150 valence electrons. The van der Waals surface area contributed by atoms with Crippen LogP contribution in [0.4, 0.5) is 0 Å². The van der Waals surface area contributed by atoms with Gasteiger partial charge in [-0.15, -0.1) is 0 Å². The van der Waals surface area contributed by atoms with Crippen LogP contribution in [0.1, 0.15) is 20.3 Å². The molecule has 0 spiro atoms. The molecule has 0 radical (unpaired) electrons. The predicted molar refractivity (Wildman–Crippen MR) is 106 cm³/mol. The highest BCUT2D eigenvalue weighted by atomic mass is 35.5. The fourth-order valence-electron chi connectivity index (χ4n) is 3.87. The smallest absolute Gasteiger partial charge is 0.368 e. The van der Waals surface area contributed by atoms with Gasteiger partial charge in [0.2, 0.25) is 0 Å². The summed E-state index contributed by atoms with van der Waals surface area (Å²) in [5.74, 6) is 1.17. The first-order valence-electron chi connectivity index (χ1n) is 9.72. The lowest BCUT2D eigenvalue weighted by molar-refractivity contribution is -0.896. The summed E-state index contributed by atoms with van der Waals surface area (Å²) < 4.78 is 4.74. The van der Waals surface area contributed by atoms with E-state index in [2.05, 4.69) is 88.6 Å². The van der Waals surface area contributed by atoms with E-state index in [4.69, 9.17) is 0 Å². The molecule has 6 heteroatoms. The average molecular weight is 419 g/mol. The molecule has 4 nitrogen and oxygen atoms in total. The second-order valence-corrected chi connectivity index (χ2v) is 6.93. The molecule has 2 aromatic carbocycles. The van der Waals surface area contributed by atoms with Crippen LogP contribution in [0.25, 0.3) is 28.1 Å². The lowest BCUT2D eigenvalue weighted by atomic mass is 10.1. The third-order valence-corrected chi connectivity index (χ3v) is 5.42. The third kappa shape index (κ3) is 4.19. The SMILES string of the molecule is CC[NH+](CC)CCCn1c(-c2ccccc2)c[n+]2c3ccccc3[nH]c12.[Cl-].[Cl-]. The third-order valence-electron chi connectivity index (χ3n) is 5.42. The van der Waals surface area contributed by atoms with Crippen LogP contribution in [-0.2, 0) is 6.54 Å². The van der Waals surface area contributed by atoms with E-state index in [1.165, 1.54) is 54.1 Å². The van der Waals surface area contributed by atoms with E-state index in [1.807, 2.05) is 0 Å². The number of hydrogen-bond acceptors (Lipinski definition) is 0. The average Bonchev–Trinajstić information content (AvgIpc) is 3.22. The summed E-state index contributed by atoms with van der Waals surface area (Å²) in [5, 5.41) is 0.